The van der Waals surface area contributed by atoms with Crippen LogP contribution < -0.4 is 31.6 Å². The molecule has 0 aliphatic heterocycles. The van der Waals surface area contributed by atoms with Gasteiger partial charge in [-0.2, -0.15) is 0 Å². The Bertz CT molecular complexity index is 1300. The number of benzene rings is 2. The van der Waals surface area contributed by atoms with Gasteiger partial charge in [-0.15, -0.1) is 0 Å². The Morgan fingerprint density at radius 3 is 2.04 bits per heavy atom. The third-order valence-electron chi connectivity index (χ3n) is 8.61. The molecule has 0 aliphatic carbocycles. The number of hydrogen-bond donors (Lipinski definition) is 1. The van der Waals surface area contributed by atoms with Crippen LogP contribution in [-0.4, -0.2) is 12.5 Å². The van der Waals surface area contributed by atoms with E-state index in [9.17, 15) is 4.79 Å². The zero-order chi connectivity index (χ0) is 31.8. The highest BCUT2D eigenvalue weighted by molar-refractivity contribution is 5.93. The standard InChI is InChI=1S/C40H58N2O2.BrH/c1-7-8-9-10-11-12-13-14-15-16-17-20-27-44-38-24-23-34(28-36(38)40(4,5)6)29-39(43)41-37-22-19-18-21-35(37)31-42-26-25-32(2)33(3)30-42;/h18-19,21-26,28,30H,7-17,20,27,29,31H2,1-6H3;1H. The van der Waals surface area contributed by atoms with Crippen LogP contribution in [0.5, 0.6) is 5.75 Å². The topological polar surface area (TPSA) is 42.2 Å². The minimum Gasteiger partial charge on any atom is -1.00 e. The molecule has 5 heteroatoms. The van der Waals surface area contributed by atoms with Crippen LogP contribution in [0.4, 0.5) is 5.69 Å². The number of amides is 1. The number of carbonyl (C=O) groups excluding carboxylic acids is 1. The van der Waals surface area contributed by atoms with E-state index in [2.05, 4.69) is 88.1 Å². The Morgan fingerprint density at radius 2 is 1.42 bits per heavy atom. The van der Waals surface area contributed by atoms with E-state index in [1.165, 1.54) is 81.8 Å². The molecule has 3 rings (SSSR count). The van der Waals surface area contributed by atoms with Crippen LogP contribution in [-0.2, 0) is 23.2 Å². The van der Waals surface area contributed by atoms with Crippen molar-refractivity contribution in [3.63, 3.8) is 0 Å². The van der Waals surface area contributed by atoms with Gasteiger partial charge in [-0.05, 0) is 54.5 Å². The van der Waals surface area contributed by atoms with Gasteiger partial charge in [0.05, 0.1) is 18.7 Å². The van der Waals surface area contributed by atoms with Crippen LogP contribution >= 0.6 is 0 Å². The van der Waals surface area contributed by atoms with Crippen molar-refractivity contribution in [1.82, 2.24) is 0 Å². The lowest BCUT2D eigenvalue weighted by molar-refractivity contribution is -0.688. The van der Waals surface area contributed by atoms with Gasteiger partial charge in [-0.3, -0.25) is 4.79 Å². The smallest absolute Gasteiger partial charge is 0.228 e. The second-order valence-corrected chi connectivity index (χ2v) is 13.7. The van der Waals surface area contributed by atoms with Gasteiger partial charge in [0.1, 0.15) is 5.75 Å². The average molecular weight is 680 g/mol. The lowest BCUT2D eigenvalue weighted by atomic mass is 9.85. The van der Waals surface area contributed by atoms with Gasteiger partial charge < -0.3 is 27.0 Å². The molecule has 1 heterocycles. The highest BCUT2D eigenvalue weighted by atomic mass is 79.9. The van der Waals surface area contributed by atoms with Gasteiger partial charge in [0.2, 0.25) is 5.91 Å². The number of nitrogens with one attached hydrogen (secondary N) is 1. The Labute approximate surface area is 285 Å². The third kappa shape index (κ3) is 14.1. The summed E-state index contributed by atoms with van der Waals surface area (Å²) >= 11 is 0. The fourth-order valence-corrected chi connectivity index (χ4v) is 5.71. The first-order valence-electron chi connectivity index (χ1n) is 17.3. The highest BCUT2D eigenvalue weighted by Gasteiger charge is 2.21. The summed E-state index contributed by atoms with van der Waals surface area (Å²) < 4.78 is 8.46. The number of aromatic nitrogens is 1. The second-order valence-electron chi connectivity index (χ2n) is 13.7. The first kappa shape index (κ1) is 38.5. The van der Waals surface area contributed by atoms with E-state index in [0.717, 1.165) is 41.2 Å². The number of carbonyl (C=O) groups is 1. The summed E-state index contributed by atoms with van der Waals surface area (Å²) in [5, 5.41) is 3.17. The van der Waals surface area contributed by atoms with Crippen molar-refractivity contribution in [3.05, 3.63) is 88.7 Å². The molecule has 4 nitrogen and oxygen atoms in total. The number of halogens is 1. The maximum absolute atomic E-state index is 13.2. The van der Waals surface area contributed by atoms with Crippen molar-refractivity contribution >= 4 is 11.6 Å². The normalized spacial score (nSPS) is 11.2. The number of unbranched alkanes of at least 4 members (excludes halogenated alkanes) is 11. The number of aryl methyl sites for hydroxylation is 2. The number of hydrogen-bond acceptors (Lipinski definition) is 2. The van der Waals surface area contributed by atoms with Crippen LogP contribution in [0.1, 0.15) is 133 Å². The predicted molar refractivity (Wildman–Crippen MR) is 186 cm³/mol. The zero-order valence-electron chi connectivity index (χ0n) is 29.0. The lowest BCUT2D eigenvalue weighted by Gasteiger charge is -2.24. The largest absolute Gasteiger partial charge is 1.00 e. The van der Waals surface area contributed by atoms with Gasteiger partial charge in [-0.1, -0.05) is 129 Å². The summed E-state index contributed by atoms with van der Waals surface area (Å²) in [6.45, 7) is 14.6. The summed E-state index contributed by atoms with van der Waals surface area (Å²) in [5.41, 5.74) is 6.57. The minimum atomic E-state index is -0.0750. The van der Waals surface area contributed by atoms with Gasteiger partial charge in [0, 0.05) is 17.2 Å². The Balaban J connectivity index is 0.00000705. The third-order valence-corrected chi connectivity index (χ3v) is 8.61. The van der Waals surface area contributed by atoms with E-state index < -0.39 is 0 Å². The molecule has 1 N–H and O–H groups in total. The van der Waals surface area contributed by atoms with Gasteiger partial charge >= 0.3 is 0 Å². The van der Waals surface area contributed by atoms with Crippen molar-refractivity contribution in [2.45, 2.75) is 137 Å². The molecule has 0 radical (unpaired) electrons. The monoisotopic (exact) mass is 678 g/mol. The molecule has 0 atom stereocenters. The lowest BCUT2D eigenvalue weighted by Crippen LogP contribution is -3.00. The summed E-state index contributed by atoms with van der Waals surface area (Å²) in [6, 6.07) is 16.5. The van der Waals surface area contributed by atoms with E-state index in [1.807, 2.05) is 24.3 Å². The summed E-state index contributed by atoms with van der Waals surface area (Å²) in [4.78, 5) is 13.2. The fraction of sp³-hybridized carbons (Fsp3) is 0.550. The number of nitrogens with zero attached hydrogens (tertiary/aromatic N) is 1. The van der Waals surface area contributed by atoms with Crippen molar-refractivity contribution in [1.29, 1.82) is 0 Å². The molecule has 0 saturated heterocycles. The number of rotatable bonds is 19. The van der Waals surface area contributed by atoms with E-state index >= 15 is 0 Å². The van der Waals surface area contributed by atoms with Crippen LogP contribution in [0, 0.1) is 13.8 Å². The first-order chi connectivity index (χ1) is 21.2. The Kier molecular flexibility index (Phi) is 17.5. The van der Waals surface area contributed by atoms with Crippen LogP contribution in [0.25, 0.3) is 0 Å². The molecule has 0 aliphatic rings. The van der Waals surface area contributed by atoms with Gasteiger partial charge in [-0.25, -0.2) is 4.57 Å². The molecule has 0 spiro atoms. The first-order valence-corrected chi connectivity index (χ1v) is 17.3. The minimum absolute atomic E-state index is 0. The summed E-state index contributed by atoms with van der Waals surface area (Å²) in [6.07, 6.45) is 20.7. The maximum atomic E-state index is 13.2. The molecule has 3 aromatic rings. The number of ether oxygens (including phenoxy) is 1. The molecule has 2 aromatic carbocycles. The number of pyridine rings is 1. The van der Waals surface area contributed by atoms with E-state index in [4.69, 9.17) is 4.74 Å². The van der Waals surface area contributed by atoms with Crippen molar-refractivity contribution < 1.29 is 31.1 Å². The van der Waals surface area contributed by atoms with Gasteiger partial charge in [0.25, 0.3) is 0 Å². The predicted octanol–water partition coefficient (Wildman–Crippen LogP) is 7.20. The molecule has 0 fully saturated rings. The van der Waals surface area contributed by atoms with Crippen molar-refractivity contribution in [3.8, 4) is 5.75 Å². The quantitative estimate of drug-likeness (QED) is 0.108. The molecule has 1 aromatic heterocycles. The van der Waals surface area contributed by atoms with Crippen LogP contribution in [0.15, 0.2) is 60.9 Å². The SMILES string of the molecule is CCCCCCCCCCCCCCOc1ccc(CC(=O)Nc2ccccc2C[n+]2ccc(C)c(C)c2)cc1C(C)(C)C.[Br-]. The highest BCUT2D eigenvalue weighted by Crippen LogP contribution is 2.33. The van der Waals surface area contributed by atoms with Crippen molar-refractivity contribution in [2.24, 2.45) is 0 Å². The van der Waals surface area contributed by atoms with E-state index in [1.54, 1.807) is 0 Å². The number of para-hydroxylation sites is 1. The summed E-state index contributed by atoms with van der Waals surface area (Å²) in [5.74, 6) is 0.938. The molecule has 248 valence electrons. The molecule has 45 heavy (non-hydrogen) atoms. The maximum Gasteiger partial charge on any atom is 0.228 e. The molecular formula is C40H59BrN2O2. The summed E-state index contributed by atoms with van der Waals surface area (Å²) in [7, 11) is 0. The van der Waals surface area contributed by atoms with Gasteiger partial charge in [0.15, 0.2) is 18.9 Å². The van der Waals surface area contributed by atoms with Crippen molar-refractivity contribution in [2.75, 3.05) is 11.9 Å². The van der Waals surface area contributed by atoms with Crippen LogP contribution in [0.2, 0.25) is 0 Å². The molecule has 1 amide bonds. The van der Waals surface area contributed by atoms with Crippen LogP contribution in [0.3, 0.4) is 0 Å². The molecule has 0 bridgehead atoms. The Morgan fingerprint density at radius 1 is 0.800 bits per heavy atom. The van der Waals surface area contributed by atoms with E-state index in [0.29, 0.717) is 13.0 Å². The molecule has 0 unspecified atom stereocenters. The molecule has 0 saturated carbocycles. The van der Waals surface area contributed by atoms with E-state index in [-0.39, 0.29) is 28.3 Å². The Hall–Kier alpha value is -2.66. The molecular weight excluding hydrogens is 620 g/mol. The average Bonchev–Trinajstić information content (AvgIpc) is 2.98. The fourth-order valence-electron chi connectivity index (χ4n) is 5.71. The zero-order valence-corrected chi connectivity index (χ0v) is 30.6. The second kappa shape index (κ2) is 20.5. The number of anilines is 1.